The van der Waals surface area contributed by atoms with E-state index in [1.807, 2.05) is 0 Å². The minimum atomic E-state index is -0.565. The summed E-state index contributed by atoms with van der Waals surface area (Å²) in [6, 6.07) is 4.14. The topological polar surface area (TPSA) is 75.3 Å². The monoisotopic (exact) mass is 355 g/mol. The summed E-state index contributed by atoms with van der Waals surface area (Å²) >= 11 is 0. The van der Waals surface area contributed by atoms with Crippen LogP contribution < -0.4 is 0 Å². The van der Waals surface area contributed by atoms with Gasteiger partial charge in [0.15, 0.2) is 0 Å². The molecule has 1 aromatic carbocycles. The number of nitrogens with one attached hydrogen (secondary N) is 1. The van der Waals surface area contributed by atoms with Gasteiger partial charge in [0.05, 0.1) is 29.9 Å². The van der Waals surface area contributed by atoms with Crippen LogP contribution in [0.15, 0.2) is 12.1 Å². The highest BCUT2D eigenvalue weighted by Gasteiger charge is 2.54. The number of carbonyl (C=O) groups is 2. The zero-order valence-electron chi connectivity index (χ0n) is 15.6. The average Bonchev–Trinajstić information content (AvgIpc) is 3.27. The molecule has 1 aromatic heterocycles. The number of aromatic nitrogens is 2. The van der Waals surface area contributed by atoms with E-state index < -0.39 is 5.60 Å². The van der Waals surface area contributed by atoms with Gasteiger partial charge in [-0.1, -0.05) is 0 Å². The Hall–Kier alpha value is -2.37. The Morgan fingerprint density at radius 1 is 1.31 bits per heavy atom. The van der Waals surface area contributed by atoms with Gasteiger partial charge in [-0.2, -0.15) is 0 Å². The molecule has 0 bridgehead atoms. The van der Waals surface area contributed by atoms with Gasteiger partial charge in [-0.3, -0.25) is 9.59 Å². The van der Waals surface area contributed by atoms with E-state index in [4.69, 9.17) is 4.74 Å². The third-order valence-electron chi connectivity index (χ3n) is 5.98. The Kier molecular flexibility index (Phi) is 4.01. The van der Waals surface area contributed by atoms with E-state index in [1.54, 1.807) is 11.9 Å². The molecule has 0 radical (unpaired) electrons. The Balaban J connectivity index is 1.53. The number of aromatic amines is 1. The number of esters is 1. The highest BCUT2D eigenvalue weighted by atomic mass is 16.6. The van der Waals surface area contributed by atoms with Gasteiger partial charge in [-0.25, -0.2) is 4.98 Å². The van der Waals surface area contributed by atoms with Crippen LogP contribution in [0.5, 0.6) is 0 Å². The van der Waals surface area contributed by atoms with Crippen LogP contribution in [0.2, 0.25) is 0 Å². The molecule has 2 aliphatic rings. The number of carbonyl (C=O) groups excluding carboxylic acids is 2. The van der Waals surface area contributed by atoms with E-state index in [0.29, 0.717) is 6.54 Å². The normalized spacial score (nSPS) is 21.5. The van der Waals surface area contributed by atoms with Gasteiger partial charge >= 0.3 is 5.97 Å². The van der Waals surface area contributed by atoms with Crippen molar-refractivity contribution in [3.8, 4) is 0 Å². The van der Waals surface area contributed by atoms with Gasteiger partial charge in [0, 0.05) is 7.05 Å². The van der Waals surface area contributed by atoms with E-state index in [1.165, 1.54) is 11.1 Å². The van der Waals surface area contributed by atoms with Gasteiger partial charge in [0.1, 0.15) is 11.4 Å². The molecule has 1 aliphatic carbocycles. The number of benzene rings is 1. The summed E-state index contributed by atoms with van der Waals surface area (Å²) in [5.41, 5.74) is 3.74. The number of ether oxygens (including phenoxy) is 1. The lowest BCUT2D eigenvalue weighted by molar-refractivity contribution is -0.151. The average molecular weight is 355 g/mol. The zero-order chi connectivity index (χ0) is 18.5. The molecule has 2 aromatic rings. The molecule has 2 fully saturated rings. The summed E-state index contributed by atoms with van der Waals surface area (Å²) in [5.74, 6) is 0.127. The van der Waals surface area contributed by atoms with Crippen molar-refractivity contribution in [1.82, 2.24) is 14.9 Å². The maximum Gasteiger partial charge on any atom is 0.307 e. The van der Waals surface area contributed by atoms with E-state index >= 15 is 0 Å². The second-order valence-corrected chi connectivity index (χ2v) is 7.83. The van der Waals surface area contributed by atoms with Crippen LogP contribution in [-0.2, 0) is 20.9 Å². The van der Waals surface area contributed by atoms with Gasteiger partial charge in [0.2, 0.25) is 5.91 Å². The molecule has 4 rings (SSSR count). The van der Waals surface area contributed by atoms with Gasteiger partial charge < -0.3 is 14.6 Å². The molecule has 2 heterocycles. The number of hydrogen-bond acceptors (Lipinski definition) is 4. The maximum absolute atomic E-state index is 13.0. The SMILES string of the molecule is Cc1cc2nc(CN(C)C(=O)[C@@H]3CC(=O)OC34CCCC4)[nH]c2cc1C. The highest BCUT2D eigenvalue weighted by molar-refractivity contribution is 5.88. The molecule has 1 atom stereocenters. The lowest BCUT2D eigenvalue weighted by atomic mass is 9.84. The minimum absolute atomic E-state index is 0.0226. The summed E-state index contributed by atoms with van der Waals surface area (Å²) in [4.78, 5) is 34.5. The largest absolute Gasteiger partial charge is 0.458 e. The minimum Gasteiger partial charge on any atom is -0.458 e. The third kappa shape index (κ3) is 2.77. The van der Waals surface area contributed by atoms with Crippen LogP contribution in [0.3, 0.4) is 0 Å². The molecule has 6 heteroatoms. The van der Waals surface area contributed by atoms with E-state index in [2.05, 4.69) is 35.9 Å². The standard InChI is InChI=1S/C20H25N3O3/c1-12-8-15-16(9-13(12)2)22-17(21-15)11-23(3)19(25)14-10-18(24)26-20(14)6-4-5-7-20/h8-9,14H,4-7,10-11H2,1-3H3,(H,21,22)/t14-/m0/s1. The molecule has 1 aliphatic heterocycles. The van der Waals surface area contributed by atoms with Crippen molar-refractivity contribution in [3.63, 3.8) is 0 Å². The smallest absolute Gasteiger partial charge is 0.307 e. The number of aryl methyl sites for hydroxylation is 2. The van der Waals surface area contributed by atoms with Crippen LogP contribution >= 0.6 is 0 Å². The van der Waals surface area contributed by atoms with E-state index in [0.717, 1.165) is 42.5 Å². The molecule has 1 saturated carbocycles. The third-order valence-corrected chi connectivity index (χ3v) is 5.98. The first-order valence-electron chi connectivity index (χ1n) is 9.31. The van der Waals surface area contributed by atoms with Crippen LogP contribution in [-0.4, -0.2) is 39.4 Å². The van der Waals surface area contributed by atoms with Crippen molar-refractivity contribution in [1.29, 1.82) is 0 Å². The number of amides is 1. The molecular weight excluding hydrogens is 330 g/mol. The summed E-state index contributed by atoms with van der Waals surface area (Å²) in [7, 11) is 1.78. The molecule has 6 nitrogen and oxygen atoms in total. The Labute approximate surface area is 152 Å². The number of hydrogen-bond donors (Lipinski definition) is 1. The van der Waals surface area contributed by atoms with Crippen LogP contribution in [0.1, 0.15) is 49.1 Å². The first-order chi connectivity index (χ1) is 12.4. The molecule has 1 N–H and O–H groups in total. The quantitative estimate of drug-likeness (QED) is 0.859. The summed E-state index contributed by atoms with van der Waals surface area (Å²) in [5, 5.41) is 0. The Morgan fingerprint density at radius 3 is 2.73 bits per heavy atom. The highest BCUT2D eigenvalue weighted by Crippen LogP contribution is 2.46. The van der Waals surface area contributed by atoms with E-state index in [9.17, 15) is 9.59 Å². The molecule has 1 amide bonds. The van der Waals surface area contributed by atoms with Gasteiger partial charge in [-0.05, 0) is 62.8 Å². The number of imidazole rings is 1. The van der Waals surface area contributed by atoms with Crippen LogP contribution in [0.25, 0.3) is 11.0 Å². The lowest BCUT2D eigenvalue weighted by Crippen LogP contribution is -2.43. The fourth-order valence-electron chi connectivity index (χ4n) is 4.39. The summed E-state index contributed by atoms with van der Waals surface area (Å²) in [6.45, 7) is 4.53. The Bertz CT molecular complexity index is 841. The Morgan fingerprint density at radius 2 is 2.00 bits per heavy atom. The number of H-pyrrole nitrogens is 1. The summed E-state index contributed by atoms with van der Waals surface area (Å²) in [6.07, 6.45) is 3.83. The van der Waals surface area contributed by atoms with E-state index in [-0.39, 0.29) is 24.2 Å². The van der Waals surface area contributed by atoms with Crippen molar-refractivity contribution in [3.05, 3.63) is 29.1 Å². The van der Waals surface area contributed by atoms with Crippen molar-refractivity contribution in [2.75, 3.05) is 7.05 Å². The molecule has 26 heavy (non-hydrogen) atoms. The van der Waals surface area contributed by atoms with Crippen molar-refractivity contribution < 1.29 is 14.3 Å². The van der Waals surface area contributed by atoms with Crippen molar-refractivity contribution >= 4 is 22.9 Å². The lowest BCUT2D eigenvalue weighted by Gasteiger charge is -2.30. The fraction of sp³-hybridized carbons (Fsp3) is 0.550. The molecule has 1 spiro atoms. The molecule has 0 unspecified atom stereocenters. The molecule has 1 saturated heterocycles. The second kappa shape index (κ2) is 6.11. The van der Waals surface area contributed by atoms with Crippen LogP contribution in [0.4, 0.5) is 0 Å². The predicted octanol–water partition coefficient (Wildman–Crippen LogP) is 3.01. The predicted molar refractivity (Wildman–Crippen MR) is 97.4 cm³/mol. The van der Waals surface area contributed by atoms with Crippen molar-refractivity contribution in [2.45, 2.75) is 58.1 Å². The first-order valence-corrected chi connectivity index (χ1v) is 9.31. The molecular formula is C20H25N3O3. The first kappa shape index (κ1) is 17.1. The second-order valence-electron chi connectivity index (χ2n) is 7.83. The summed E-state index contributed by atoms with van der Waals surface area (Å²) < 4.78 is 5.61. The molecule has 138 valence electrons. The fourth-order valence-corrected chi connectivity index (χ4v) is 4.39. The zero-order valence-corrected chi connectivity index (χ0v) is 15.6. The van der Waals surface area contributed by atoms with Crippen LogP contribution in [0, 0.1) is 19.8 Å². The number of nitrogens with zero attached hydrogens (tertiary/aromatic N) is 2. The van der Waals surface area contributed by atoms with Crippen molar-refractivity contribution in [2.24, 2.45) is 5.92 Å². The number of rotatable bonds is 3. The number of fused-ring (bicyclic) bond motifs is 1. The van der Waals surface area contributed by atoms with Gasteiger partial charge in [-0.15, -0.1) is 0 Å². The maximum atomic E-state index is 13.0. The van der Waals surface area contributed by atoms with Gasteiger partial charge in [0.25, 0.3) is 0 Å².